The highest BCUT2D eigenvalue weighted by atomic mass is 79.9. The van der Waals surface area contributed by atoms with Gasteiger partial charge in [-0.15, -0.1) is 0 Å². The van der Waals surface area contributed by atoms with Crippen molar-refractivity contribution in [2.24, 2.45) is 5.41 Å². The molecule has 1 rings (SSSR count). The van der Waals surface area contributed by atoms with Gasteiger partial charge in [-0.3, -0.25) is 0 Å². The van der Waals surface area contributed by atoms with Crippen LogP contribution in [0.1, 0.15) is 27.2 Å². The summed E-state index contributed by atoms with van der Waals surface area (Å²) >= 11 is 3.51. The van der Waals surface area contributed by atoms with Gasteiger partial charge in [0.1, 0.15) is 0 Å². The molecule has 0 atom stereocenters. The number of hydrogen-bond donors (Lipinski definition) is 0. The third-order valence-corrected chi connectivity index (χ3v) is 2.44. The molecule has 1 aliphatic rings. The molecule has 11 heavy (non-hydrogen) atoms. The maximum Gasteiger partial charge on any atom is 0.0668 e. The Bertz CT molecular complexity index is 193. The number of halogens is 1. The van der Waals surface area contributed by atoms with Crippen molar-refractivity contribution in [3.8, 4) is 0 Å². The number of rotatable bonds is 0. The zero-order chi connectivity index (χ0) is 8.48. The van der Waals surface area contributed by atoms with Gasteiger partial charge in [-0.2, -0.15) is 0 Å². The van der Waals surface area contributed by atoms with Crippen LogP contribution >= 0.6 is 15.9 Å². The zero-order valence-electron chi connectivity index (χ0n) is 7.32. The summed E-state index contributed by atoms with van der Waals surface area (Å²) in [6.45, 7) is 6.74. The lowest BCUT2D eigenvalue weighted by atomic mass is 9.82. The van der Waals surface area contributed by atoms with Crippen molar-refractivity contribution in [1.82, 2.24) is 0 Å². The summed E-state index contributed by atoms with van der Waals surface area (Å²) in [6.07, 6.45) is 7.49. The topological polar surface area (TPSA) is 0 Å². The van der Waals surface area contributed by atoms with E-state index in [1.54, 1.807) is 0 Å². The van der Waals surface area contributed by atoms with Crippen LogP contribution < -0.4 is 0 Å². The Labute approximate surface area is 77.5 Å². The summed E-state index contributed by atoms with van der Waals surface area (Å²) in [7, 11) is 0. The van der Waals surface area contributed by atoms with E-state index in [1.165, 1.54) is 10.4 Å². The SMILES string of the molecule is CC(C)(C)C1=CC=C[C](Br)C1. The Kier molecular flexibility index (Phi) is 2.58. The normalized spacial score (nSPS) is 20.2. The van der Waals surface area contributed by atoms with Crippen molar-refractivity contribution in [2.45, 2.75) is 27.2 Å². The summed E-state index contributed by atoms with van der Waals surface area (Å²) in [5.74, 6) is 0. The lowest BCUT2D eigenvalue weighted by molar-refractivity contribution is 0.489. The number of hydrogen-bond acceptors (Lipinski definition) is 0. The van der Waals surface area contributed by atoms with Gasteiger partial charge in [0, 0.05) is 0 Å². The third kappa shape index (κ3) is 2.48. The minimum absolute atomic E-state index is 0.309. The first-order valence-electron chi connectivity index (χ1n) is 3.89. The van der Waals surface area contributed by atoms with Crippen LogP contribution in [0.25, 0.3) is 0 Å². The zero-order valence-corrected chi connectivity index (χ0v) is 8.90. The molecule has 0 amide bonds. The molecule has 0 N–H and O–H groups in total. The smallest absolute Gasteiger partial charge is 0.0668 e. The second-order valence-corrected chi connectivity index (χ2v) is 4.94. The predicted molar refractivity (Wildman–Crippen MR) is 53.5 cm³/mol. The lowest BCUT2D eigenvalue weighted by Crippen LogP contribution is -2.11. The van der Waals surface area contributed by atoms with Crippen LogP contribution in [0.15, 0.2) is 23.8 Å². The van der Waals surface area contributed by atoms with Crippen LogP contribution in [0.2, 0.25) is 0 Å². The molecule has 0 heterocycles. The highest BCUT2D eigenvalue weighted by Crippen LogP contribution is 2.36. The van der Waals surface area contributed by atoms with E-state index in [9.17, 15) is 0 Å². The molecule has 1 radical (unpaired) electrons. The maximum absolute atomic E-state index is 3.51. The first-order chi connectivity index (χ1) is 5.00. The molecule has 0 aromatic heterocycles. The summed E-state index contributed by atoms with van der Waals surface area (Å²) in [4.78, 5) is 1.28. The van der Waals surface area contributed by atoms with Crippen molar-refractivity contribution in [3.05, 3.63) is 28.6 Å². The van der Waals surface area contributed by atoms with E-state index in [2.05, 4.69) is 54.9 Å². The predicted octanol–water partition coefficient (Wildman–Crippen LogP) is 3.85. The number of allylic oxidation sites excluding steroid dienone is 4. The molecular formula is C10H14Br. The molecule has 0 nitrogen and oxygen atoms in total. The Morgan fingerprint density at radius 2 is 2.00 bits per heavy atom. The molecule has 1 aliphatic carbocycles. The molecular weight excluding hydrogens is 200 g/mol. The van der Waals surface area contributed by atoms with E-state index in [0.717, 1.165) is 6.42 Å². The summed E-state index contributed by atoms with van der Waals surface area (Å²) < 4.78 is 0. The van der Waals surface area contributed by atoms with Crippen LogP contribution in [-0.4, -0.2) is 0 Å². The van der Waals surface area contributed by atoms with Gasteiger partial charge >= 0.3 is 0 Å². The van der Waals surface area contributed by atoms with E-state index in [0.29, 0.717) is 5.41 Å². The summed E-state index contributed by atoms with van der Waals surface area (Å²) in [6, 6.07) is 0. The van der Waals surface area contributed by atoms with Gasteiger partial charge in [0.05, 0.1) is 4.83 Å². The Morgan fingerprint density at radius 1 is 1.36 bits per heavy atom. The van der Waals surface area contributed by atoms with Crippen molar-refractivity contribution in [3.63, 3.8) is 0 Å². The largest absolute Gasteiger partial charge is 0.0785 e. The van der Waals surface area contributed by atoms with E-state index in [-0.39, 0.29) is 0 Å². The van der Waals surface area contributed by atoms with Gasteiger partial charge in [-0.25, -0.2) is 0 Å². The molecule has 0 bridgehead atoms. The first-order valence-corrected chi connectivity index (χ1v) is 4.68. The van der Waals surface area contributed by atoms with Gasteiger partial charge in [0.2, 0.25) is 0 Å². The minimum atomic E-state index is 0.309. The molecule has 1 heteroatoms. The van der Waals surface area contributed by atoms with Gasteiger partial charge in [-0.1, -0.05) is 60.5 Å². The van der Waals surface area contributed by atoms with E-state index in [4.69, 9.17) is 0 Å². The minimum Gasteiger partial charge on any atom is -0.0785 e. The van der Waals surface area contributed by atoms with Crippen LogP contribution in [0.4, 0.5) is 0 Å². The molecule has 0 unspecified atom stereocenters. The van der Waals surface area contributed by atoms with E-state index < -0.39 is 0 Å². The molecule has 0 saturated carbocycles. The van der Waals surface area contributed by atoms with Gasteiger partial charge < -0.3 is 0 Å². The molecule has 0 aliphatic heterocycles. The lowest BCUT2D eigenvalue weighted by Gasteiger charge is -2.25. The fourth-order valence-corrected chi connectivity index (χ4v) is 1.54. The summed E-state index contributed by atoms with van der Waals surface area (Å²) in [5.41, 5.74) is 1.80. The van der Waals surface area contributed by atoms with Crippen molar-refractivity contribution in [2.75, 3.05) is 0 Å². The Balaban J connectivity index is 2.75. The van der Waals surface area contributed by atoms with Crippen LogP contribution in [0, 0.1) is 10.2 Å². The maximum atomic E-state index is 3.51. The molecule has 61 valence electrons. The third-order valence-electron chi connectivity index (χ3n) is 1.90. The second-order valence-electron chi connectivity index (χ2n) is 3.92. The quantitative estimate of drug-likeness (QED) is 0.574. The highest BCUT2D eigenvalue weighted by Gasteiger charge is 2.20. The Hall–Kier alpha value is -0.0400. The fourth-order valence-electron chi connectivity index (χ4n) is 1.08. The molecule has 0 aromatic carbocycles. The van der Waals surface area contributed by atoms with E-state index in [1.807, 2.05) is 0 Å². The van der Waals surface area contributed by atoms with Crippen molar-refractivity contribution >= 4 is 15.9 Å². The van der Waals surface area contributed by atoms with E-state index >= 15 is 0 Å². The highest BCUT2D eigenvalue weighted by molar-refractivity contribution is 9.11. The second kappa shape index (κ2) is 3.14. The van der Waals surface area contributed by atoms with Gasteiger partial charge in [-0.05, 0) is 11.8 Å². The average Bonchev–Trinajstić information content (AvgIpc) is 1.86. The monoisotopic (exact) mass is 213 g/mol. The average molecular weight is 214 g/mol. The summed E-state index contributed by atoms with van der Waals surface area (Å²) in [5, 5.41) is 0. The van der Waals surface area contributed by atoms with Crippen molar-refractivity contribution < 1.29 is 0 Å². The van der Waals surface area contributed by atoms with Gasteiger partial charge in [0.15, 0.2) is 0 Å². The standard InChI is InChI=1S/C10H14Br/c1-10(2,3)8-5-4-6-9(11)7-8/h4-6H,7H2,1-3H3. The molecule has 0 fully saturated rings. The molecule has 0 spiro atoms. The van der Waals surface area contributed by atoms with Crippen LogP contribution in [-0.2, 0) is 0 Å². The Morgan fingerprint density at radius 3 is 2.36 bits per heavy atom. The fraction of sp³-hybridized carbons (Fsp3) is 0.500. The molecule has 0 aromatic rings. The van der Waals surface area contributed by atoms with Gasteiger partial charge in [0.25, 0.3) is 0 Å². The molecule has 0 saturated heterocycles. The van der Waals surface area contributed by atoms with Crippen LogP contribution in [0.5, 0.6) is 0 Å². The van der Waals surface area contributed by atoms with Crippen LogP contribution in [0.3, 0.4) is 0 Å². The van der Waals surface area contributed by atoms with Crippen molar-refractivity contribution in [1.29, 1.82) is 0 Å². The first kappa shape index (κ1) is 9.05.